The summed E-state index contributed by atoms with van der Waals surface area (Å²) in [6.45, 7) is 4.44. The van der Waals surface area contributed by atoms with Gasteiger partial charge < -0.3 is 16.0 Å². The molecule has 0 unspecified atom stereocenters. The van der Waals surface area contributed by atoms with Crippen LogP contribution in [-0.4, -0.2) is 35.3 Å². The van der Waals surface area contributed by atoms with E-state index < -0.39 is 6.04 Å². The van der Waals surface area contributed by atoms with Crippen LogP contribution in [0.25, 0.3) is 0 Å². The van der Waals surface area contributed by atoms with Crippen molar-refractivity contribution in [3.05, 3.63) is 22.4 Å². The first-order valence-corrected chi connectivity index (χ1v) is 8.22. The van der Waals surface area contributed by atoms with Crippen LogP contribution in [0.2, 0.25) is 0 Å². The van der Waals surface area contributed by atoms with Gasteiger partial charge in [0.15, 0.2) is 0 Å². The lowest BCUT2D eigenvalue weighted by atomic mass is 10.1. The number of nitrogens with zero attached hydrogens (tertiary/aromatic N) is 1. The molecular formula is C15H24ClN3O2S. The summed E-state index contributed by atoms with van der Waals surface area (Å²) in [6.07, 6.45) is 2.10. The van der Waals surface area contributed by atoms with Crippen molar-refractivity contribution in [1.82, 2.24) is 10.2 Å². The highest BCUT2D eigenvalue weighted by atomic mass is 35.5. The zero-order valence-corrected chi connectivity index (χ0v) is 14.6. The van der Waals surface area contributed by atoms with E-state index in [-0.39, 0.29) is 36.7 Å². The summed E-state index contributed by atoms with van der Waals surface area (Å²) in [5.41, 5.74) is 5.77. The first kappa shape index (κ1) is 18.9. The number of carbonyl (C=O) groups is 2. The summed E-state index contributed by atoms with van der Waals surface area (Å²) >= 11 is 1.65. The molecular weight excluding hydrogens is 322 g/mol. The van der Waals surface area contributed by atoms with Crippen LogP contribution in [0.1, 0.15) is 31.6 Å². The minimum Gasteiger partial charge on any atom is -0.346 e. The van der Waals surface area contributed by atoms with E-state index in [9.17, 15) is 9.59 Å². The van der Waals surface area contributed by atoms with E-state index in [2.05, 4.69) is 5.32 Å². The van der Waals surface area contributed by atoms with E-state index in [0.29, 0.717) is 12.6 Å². The Hall–Kier alpha value is -1.11. The van der Waals surface area contributed by atoms with Crippen LogP contribution < -0.4 is 11.1 Å². The Morgan fingerprint density at radius 1 is 1.45 bits per heavy atom. The van der Waals surface area contributed by atoms with Crippen LogP contribution in [0.3, 0.4) is 0 Å². The standard InChI is InChI=1S/C15H23N3O2S.ClH/c1-10(2)14(16)15(20)17-8-13(19)18(11-5-6-11)9-12-4-3-7-21-12;/h3-4,7,10-11,14H,5-6,8-9,16H2,1-2H3,(H,17,20);1H/t14-;/m0./s1. The highest BCUT2D eigenvalue weighted by Gasteiger charge is 2.32. The normalized spacial score (nSPS) is 15.1. The van der Waals surface area contributed by atoms with Crippen molar-refractivity contribution in [3.8, 4) is 0 Å². The van der Waals surface area contributed by atoms with Crippen molar-refractivity contribution < 1.29 is 9.59 Å². The maximum atomic E-state index is 12.3. The van der Waals surface area contributed by atoms with Crippen molar-refractivity contribution in [2.75, 3.05) is 6.54 Å². The Balaban J connectivity index is 0.00000242. The fourth-order valence-electron chi connectivity index (χ4n) is 2.06. The zero-order valence-electron chi connectivity index (χ0n) is 13.0. The molecule has 2 rings (SSSR count). The minimum absolute atomic E-state index is 0. The smallest absolute Gasteiger partial charge is 0.242 e. The summed E-state index contributed by atoms with van der Waals surface area (Å²) in [5, 5.41) is 4.66. The third-order valence-electron chi connectivity index (χ3n) is 3.65. The van der Waals surface area contributed by atoms with Gasteiger partial charge >= 0.3 is 0 Å². The molecule has 0 saturated heterocycles. The van der Waals surface area contributed by atoms with E-state index >= 15 is 0 Å². The van der Waals surface area contributed by atoms with Crippen molar-refractivity contribution >= 4 is 35.6 Å². The summed E-state index contributed by atoms with van der Waals surface area (Å²) in [7, 11) is 0. The second-order valence-corrected chi connectivity index (χ2v) is 6.85. The van der Waals surface area contributed by atoms with Gasteiger partial charge in [0.25, 0.3) is 0 Å². The summed E-state index contributed by atoms with van der Waals surface area (Å²) < 4.78 is 0. The number of hydrogen-bond acceptors (Lipinski definition) is 4. The van der Waals surface area contributed by atoms with Gasteiger partial charge in [-0.2, -0.15) is 0 Å². The van der Waals surface area contributed by atoms with Crippen LogP contribution >= 0.6 is 23.7 Å². The SMILES string of the molecule is CC(C)[C@H](N)C(=O)NCC(=O)N(Cc1cccs1)C1CC1.Cl. The molecule has 1 aliphatic rings. The van der Waals surface area contributed by atoms with Gasteiger partial charge in [-0.25, -0.2) is 0 Å². The molecule has 1 aromatic rings. The number of halogens is 1. The van der Waals surface area contributed by atoms with Crippen molar-refractivity contribution in [3.63, 3.8) is 0 Å². The predicted molar refractivity (Wildman–Crippen MR) is 91.0 cm³/mol. The molecule has 2 amide bonds. The maximum absolute atomic E-state index is 12.3. The van der Waals surface area contributed by atoms with Crippen molar-refractivity contribution in [1.29, 1.82) is 0 Å². The molecule has 1 heterocycles. The Bertz CT molecular complexity index is 489. The number of carbonyl (C=O) groups excluding carboxylic acids is 2. The molecule has 1 aromatic heterocycles. The molecule has 124 valence electrons. The number of nitrogens with two attached hydrogens (primary N) is 1. The van der Waals surface area contributed by atoms with E-state index in [0.717, 1.165) is 12.8 Å². The molecule has 0 bridgehead atoms. The minimum atomic E-state index is -0.565. The van der Waals surface area contributed by atoms with Gasteiger partial charge in [0.1, 0.15) is 0 Å². The Morgan fingerprint density at radius 3 is 2.64 bits per heavy atom. The van der Waals surface area contributed by atoms with Crippen LogP contribution in [0.4, 0.5) is 0 Å². The Kier molecular flexibility index (Phi) is 7.32. The summed E-state index contributed by atoms with van der Waals surface area (Å²) in [4.78, 5) is 27.2. The average molecular weight is 346 g/mol. The lowest BCUT2D eigenvalue weighted by Crippen LogP contribution is -2.48. The largest absolute Gasteiger partial charge is 0.346 e. The molecule has 0 spiro atoms. The topological polar surface area (TPSA) is 75.4 Å². The second-order valence-electron chi connectivity index (χ2n) is 5.82. The Labute approximate surface area is 141 Å². The molecule has 0 aliphatic heterocycles. The first-order valence-electron chi connectivity index (χ1n) is 7.34. The fraction of sp³-hybridized carbons (Fsp3) is 0.600. The van der Waals surface area contributed by atoms with Gasteiger partial charge in [-0.1, -0.05) is 19.9 Å². The summed E-state index contributed by atoms with van der Waals surface area (Å²) in [5.74, 6) is -0.230. The number of thiophene rings is 1. The molecule has 22 heavy (non-hydrogen) atoms. The maximum Gasteiger partial charge on any atom is 0.242 e. The highest BCUT2D eigenvalue weighted by Crippen LogP contribution is 2.29. The lowest BCUT2D eigenvalue weighted by Gasteiger charge is -2.23. The molecule has 7 heteroatoms. The molecule has 0 radical (unpaired) electrons. The number of rotatable bonds is 7. The highest BCUT2D eigenvalue weighted by molar-refractivity contribution is 7.09. The third kappa shape index (κ3) is 5.26. The van der Waals surface area contributed by atoms with Crippen molar-refractivity contribution in [2.45, 2.75) is 45.3 Å². The molecule has 3 N–H and O–H groups in total. The zero-order chi connectivity index (χ0) is 15.4. The molecule has 5 nitrogen and oxygen atoms in total. The molecule has 1 fully saturated rings. The number of amides is 2. The van der Waals surface area contributed by atoms with E-state index in [4.69, 9.17) is 5.73 Å². The van der Waals surface area contributed by atoms with Crippen LogP contribution in [0.5, 0.6) is 0 Å². The van der Waals surface area contributed by atoms with Gasteiger partial charge in [0, 0.05) is 10.9 Å². The summed E-state index contributed by atoms with van der Waals surface area (Å²) in [6, 6.07) is 3.78. The second kappa shape index (κ2) is 8.50. The van der Waals surface area contributed by atoms with Gasteiger partial charge in [-0.3, -0.25) is 9.59 Å². The van der Waals surface area contributed by atoms with E-state index in [1.807, 2.05) is 36.3 Å². The molecule has 1 atom stereocenters. The van der Waals surface area contributed by atoms with Crippen LogP contribution in [-0.2, 0) is 16.1 Å². The Morgan fingerprint density at radius 2 is 2.14 bits per heavy atom. The fourth-order valence-corrected chi connectivity index (χ4v) is 2.77. The lowest BCUT2D eigenvalue weighted by molar-refractivity contribution is -0.134. The van der Waals surface area contributed by atoms with Gasteiger partial charge in [-0.15, -0.1) is 23.7 Å². The monoisotopic (exact) mass is 345 g/mol. The van der Waals surface area contributed by atoms with Gasteiger partial charge in [0.2, 0.25) is 11.8 Å². The van der Waals surface area contributed by atoms with E-state index in [1.165, 1.54) is 4.88 Å². The predicted octanol–water partition coefficient (Wildman–Crippen LogP) is 1.76. The quantitative estimate of drug-likeness (QED) is 0.790. The number of hydrogen-bond donors (Lipinski definition) is 2. The molecule has 0 aromatic carbocycles. The van der Waals surface area contributed by atoms with Crippen LogP contribution in [0.15, 0.2) is 17.5 Å². The van der Waals surface area contributed by atoms with Gasteiger partial charge in [-0.05, 0) is 30.2 Å². The molecule has 1 saturated carbocycles. The van der Waals surface area contributed by atoms with Gasteiger partial charge in [0.05, 0.1) is 19.1 Å². The average Bonchev–Trinajstić information content (AvgIpc) is 3.17. The number of nitrogens with one attached hydrogen (secondary N) is 1. The third-order valence-corrected chi connectivity index (χ3v) is 4.51. The first-order chi connectivity index (χ1) is 9.99. The molecule has 1 aliphatic carbocycles. The van der Waals surface area contributed by atoms with E-state index in [1.54, 1.807) is 11.3 Å². The van der Waals surface area contributed by atoms with Crippen LogP contribution in [0, 0.1) is 5.92 Å². The van der Waals surface area contributed by atoms with Crippen molar-refractivity contribution in [2.24, 2.45) is 11.7 Å².